The molecular weight excluding hydrogens is 328 g/mol. The lowest BCUT2D eigenvalue weighted by molar-refractivity contribution is 0.941. The van der Waals surface area contributed by atoms with Crippen LogP contribution in [0.1, 0.15) is 27.7 Å². The van der Waals surface area contributed by atoms with Crippen molar-refractivity contribution in [2.45, 2.75) is 48.7 Å². The van der Waals surface area contributed by atoms with Gasteiger partial charge in [0.25, 0.3) is 0 Å². The summed E-state index contributed by atoms with van der Waals surface area (Å²) < 4.78 is 6.01. The Kier molecular flexibility index (Phi) is 4.60. The summed E-state index contributed by atoms with van der Waals surface area (Å²) in [5, 5.41) is 2.98. The summed E-state index contributed by atoms with van der Waals surface area (Å²) in [4.78, 5) is 0. The molecule has 0 nitrogen and oxygen atoms in total. The van der Waals surface area contributed by atoms with E-state index < -0.39 is 0 Å². The van der Waals surface area contributed by atoms with Crippen LogP contribution in [0.15, 0.2) is 12.1 Å². The molecule has 0 bridgehead atoms. The Hall–Kier alpha value is 0.840. The van der Waals surface area contributed by atoms with Crippen LogP contribution in [0.3, 0.4) is 0 Å². The van der Waals surface area contributed by atoms with Crippen LogP contribution < -0.4 is 9.06 Å². The molecule has 0 saturated carbocycles. The number of hydrogen-bond donors (Lipinski definition) is 0. The van der Waals surface area contributed by atoms with E-state index in [-0.39, 0.29) is 0 Å². The largest absolute Gasteiger partial charge is 0.133 e. The first-order valence-electron chi connectivity index (χ1n) is 6.55. The van der Waals surface area contributed by atoms with Gasteiger partial charge in [-0.3, -0.25) is 0 Å². The summed E-state index contributed by atoms with van der Waals surface area (Å²) in [6.45, 7) is 9.35. The van der Waals surface area contributed by atoms with E-state index in [1.54, 1.807) is 0 Å². The zero-order valence-corrected chi connectivity index (χ0v) is 15.6. The smallest absolute Gasteiger partial charge is 0.0580 e. The average Bonchev–Trinajstić information content (AvgIpc) is 3.03. The van der Waals surface area contributed by atoms with Crippen molar-refractivity contribution < 1.29 is 0 Å². The van der Waals surface area contributed by atoms with Crippen molar-refractivity contribution in [1.29, 1.82) is 0 Å². The van der Waals surface area contributed by atoms with Gasteiger partial charge in [0.1, 0.15) is 0 Å². The highest BCUT2D eigenvalue weighted by atomic mass is 32.2. The van der Waals surface area contributed by atoms with Gasteiger partial charge < -0.3 is 0 Å². The molecule has 3 rings (SSSR count). The first-order chi connectivity index (χ1) is 9.04. The molecule has 4 unspecified atom stereocenters. The van der Waals surface area contributed by atoms with Crippen molar-refractivity contribution >= 4 is 66.9 Å². The Bertz CT molecular complexity index is 513. The third-order valence-electron chi connectivity index (χ3n) is 3.50. The molecule has 4 atom stereocenters. The van der Waals surface area contributed by atoms with Crippen molar-refractivity contribution in [3.05, 3.63) is 21.2 Å². The lowest BCUT2D eigenvalue weighted by atomic mass is 10.4. The molecule has 19 heavy (non-hydrogen) atoms. The molecule has 1 aromatic heterocycles. The fourth-order valence-corrected chi connectivity index (χ4v) is 9.44. The molecule has 5 heteroatoms. The molecule has 0 N–H and O–H groups in total. The second kappa shape index (κ2) is 5.91. The summed E-state index contributed by atoms with van der Waals surface area (Å²) in [5.74, 6) is 0. The maximum absolute atomic E-state index is 2.34. The molecule has 2 fully saturated rings. The highest BCUT2D eigenvalue weighted by molar-refractivity contribution is 8.34. The van der Waals surface area contributed by atoms with Crippen LogP contribution in [0, 0.1) is 0 Å². The van der Waals surface area contributed by atoms with Gasteiger partial charge >= 0.3 is 0 Å². The maximum atomic E-state index is 2.34. The van der Waals surface area contributed by atoms with E-state index in [0.29, 0.717) is 0 Å². The molecular formula is C14H18S5. The van der Waals surface area contributed by atoms with Crippen LogP contribution in [0.2, 0.25) is 0 Å². The normalized spacial score (nSPS) is 35.4. The summed E-state index contributed by atoms with van der Waals surface area (Å²) in [6, 6.07) is 4.64. The van der Waals surface area contributed by atoms with Crippen LogP contribution in [-0.2, 0) is 0 Å². The maximum Gasteiger partial charge on any atom is 0.0580 e. The van der Waals surface area contributed by atoms with Crippen LogP contribution in [0.4, 0.5) is 0 Å². The van der Waals surface area contributed by atoms with Gasteiger partial charge in [0.2, 0.25) is 0 Å². The van der Waals surface area contributed by atoms with Gasteiger partial charge in [0.05, 0.1) is 8.47 Å². The average molecular weight is 347 g/mol. The highest BCUT2D eigenvalue weighted by Crippen LogP contribution is 2.48. The standard InChI is InChI=1S/C14H18S5/c1-7-8(2)16-13(15-7)11-5-6-12(19-11)14-17-9(3)10(4)18-14/h5-10H,1-4H3. The van der Waals surface area contributed by atoms with Gasteiger partial charge in [0.15, 0.2) is 0 Å². The predicted molar refractivity (Wildman–Crippen MR) is 98.6 cm³/mol. The van der Waals surface area contributed by atoms with Crippen molar-refractivity contribution in [2.75, 3.05) is 0 Å². The Morgan fingerprint density at radius 2 is 0.947 bits per heavy atom. The van der Waals surface area contributed by atoms with Crippen molar-refractivity contribution in [1.82, 2.24) is 0 Å². The summed E-state index contributed by atoms with van der Waals surface area (Å²) in [6.07, 6.45) is 0. The molecule has 2 saturated heterocycles. The lowest BCUT2D eigenvalue weighted by Crippen LogP contribution is -2.04. The molecule has 0 aliphatic carbocycles. The predicted octanol–water partition coefficient (Wildman–Crippen LogP) is 4.39. The molecule has 3 heterocycles. The van der Waals surface area contributed by atoms with Crippen LogP contribution in [0.25, 0.3) is 8.47 Å². The van der Waals surface area contributed by atoms with Gasteiger partial charge in [-0.15, -0.1) is 58.4 Å². The number of hydrogen-bond acceptors (Lipinski definition) is 5. The summed E-state index contributed by atoms with van der Waals surface area (Å²) in [7, 11) is 0. The van der Waals surface area contributed by atoms with Gasteiger partial charge in [-0.1, -0.05) is 27.7 Å². The first-order valence-corrected chi connectivity index (χ1v) is 10.9. The number of rotatable bonds is 0. The number of thioether (sulfide) groups is 4. The van der Waals surface area contributed by atoms with Gasteiger partial charge in [-0.25, -0.2) is 0 Å². The molecule has 104 valence electrons. The highest BCUT2D eigenvalue weighted by Gasteiger charge is 2.27. The van der Waals surface area contributed by atoms with E-state index in [9.17, 15) is 0 Å². The van der Waals surface area contributed by atoms with E-state index in [4.69, 9.17) is 0 Å². The molecule has 0 aromatic carbocycles. The topological polar surface area (TPSA) is 0 Å². The summed E-state index contributed by atoms with van der Waals surface area (Å²) >= 11 is 10.2. The fraction of sp³-hybridized carbons (Fsp3) is 0.571. The van der Waals surface area contributed by atoms with E-state index in [0.717, 1.165) is 21.0 Å². The van der Waals surface area contributed by atoms with Crippen LogP contribution in [-0.4, -0.2) is 21.0 Å². The Morgan fingerprint density at radius 3 is 1.26 bits per heavy atom. The van der Waals surface area contributed by atoms with Crippen LogP contribution in [0.5, 0.6) is 0 Å². The second-order valence-electron chi connectivity index (χ2n) is 5.03. The van der Waals surface area contributed by atoms with Gasteiger partial charge in [0, 0.05) is 30.1 Å². The van der Waals surface area contributed by atoms with Crippen molar-refractivity contribution in [3.8, 4) is 0 Å². The minimum absolute atomic E-state index is 0.744. The molecule has 1 aromatic rings. The van der Waals surface area contributed by atoms with E-state index in [1.165, 1.54) is 17.5 Å². The minimum Gasteiger partial charge on any atom is -0.133 e. The second-order valence-corrected chi connectivity index (χ2v) is 12.2. The fourth-order valence-electron chi connectivity index (χ4n) is 1.90. The molecule has 0 radical (unpaired) electrons. The van der Waals surface area contributed by atoms with E-state index in [2.05, 4.69) is 86.9 Å². The third kappa shape index (κ3) is 3.05. The van der Waals surface area contributed by atoms with Crippen molar-refractivity contribution in [2.24, 2.45) is 0 Å². The Labute approximate surface area is 136 Å². The number of thiophene rings is 1. The van der Waals surface area contributed by atoms with E-state index >= 15 is 0 Å². The van der Waals surface area contributed by atoms with Crippen molar-refractivity contribution in [3.63, 3.8) is 0 Å². The van der Waals surface area contributed by atoms with Gasteiger partial charge in [-0.2, -0.15) is 0 Å². The molecule has 0 amide bonds. The van der Waals surface area contributed by atoms with Crippen LogP contribution >= 0.6 is 58.4 Å². The quantitative estimate of drug-likeness (QED) is 0.683. The van der Waals surface area contributed by atoms with Gasteiger partial charge in [-0.05, 0) is 12.1 Å². The SMILES string of the molecule is CC1SC(=c2ccc(=C3SC(C)C(C)S3)s2)SC1C. The zero-order valence-electron chi connectivity index (χ0n) is 11.5. The molecule has 0 spiro atoms. The molecule has 2 aliphatic rings. The first kappa shape index (κ1) is 14.8. The minimum atomic E-state index is 0.744. The third-order valence-corrected chi connectivity index (χ3v) is 11.5. The monoisotopic (exact) mass is 346 g/mol. The zero-order chi connectivity index (χ0) is 13.6. The summed E-state index contributed by atoms with van der Waals surface area (Å²) in [5.41, 5.74) is 0. The molecule has 2 aliphatic heterocycles. The Morgan fingerprint density at radius 1 is 0.632 bits per heavy atom. The lowest BCUT2D eigenvalue weighted by Gasteiger charge is -2.01. The Balaban J connectivity index is 1.97. The van der Waals surface area contributed by atoms with E-state index in [1.807, 2.05) is 11.3 Å².